The molecular weight excluding hydrogens is 430 g/mol. The number of rotatable bonds is 4. The van der Waals surface area contributed by atoms with E-state index in [4.69, 9.17) is 11.6 Å². The summed E-state index contributed by atoms with van der Waals surface area (Å²) in [6.07, 6.45) is 0.239. The average molecular weight is 450 g/mol. The number of amides is 2. The van der Waals surface area contributed by atoms with Crippen LogP contribution < -0.4 is 5.32 Å². The first-order valence-corrected chi connectivity index (χ1v) is 11.5. The molecule has 0 radical (unpaired) electrons. The third-order valence-electron chi connectivity index (χ3n) is 4.68. The number of piperazine rings is 1. The number of carbonyl (C=O) groups excluding carboxylic acids is 2. The topological polar surface area (TPSA) is 77.9 Å². The number of thiazole rings is 1. The number of benzene rings is 1. The van der Waals surface area contributed by atoms with Crippen LogP contribution in [0.25, 0.3) is 0 Å². The minimum atomic E-state index is -0.252. The van der Waals surface area contributed by atoms with Gasteiger partial charge in [0, 0.05) is 47.9 Å². The number of hydrogen-bond acceptors (Lipinski definition) is 7. The number of aromatic nitrogens is 1. The molecule has 29 heavy (non-hydrogen) atoms. The van der Waals surface area contributed by atoms with Crippen LogP contribution in [-0.4, -0.2) is 70.2 Å². The first-order chi connectivity index (χ1) is 14.1. The number of nitrogens with one attached hydrogen (secondary N) is 1. The van der Waals surface area contributed by atoms with Gasteiger partial charge >= 0.3 is 0 Å². The quantitative estimate of drug-likeness (QED) is 0.776. The number of halogens is 1. The highest BCUT2D eigenvalue weighted by Gasteiger charge is 2.25. The van der Waals surface area contributed by atoms with Crippen molar-refractivity contribution in [2.45, 2.75) is 6.42 Å². The van der Waals surface area contributed by atoms with E-state index in [0.717, 1.165) is 30.6 Å². The molecular formula is C19H20ClN5O2S2. The molecule has 0 aliphatic carbocycles. The van der Waals surface area contributed by atoms with Crippen molar-refractivity contribution in [1.29, 1.82) is 0 Å². The molecule has 1 saturated heterocycles. The van der Waals surface area contributed by atoms with Gasteiger partial charge in [0.15, 0.2) is 10.3 Å². The van der Waals surface area contributed by atoms with Gasteiger partial charge in [-0.15, -0.1) is 11.3 Å². The Hall–Kier alpha value is -2.10. The molecule has 2 amide bonds. The van der Waals surface area contributed by atoms with Crippen LogP contribution in [0.15, 0.2) is 34.6 Å². The molecule has 0 spiro atoms. The predicted molar refractivity (Wildman–Crippen MR) is 118 cm³/mol. The standard InChI is InChI=1S/C19H20ClN5O2S2/c20-14-3-1-13(2-4-14)17(27)23-18-22-15(12-29-18)11-16(26)24-6-8-25(9-7-24)19-21-5-10-28-19/h1-4,12H,5-11H2,(H,22,23,27). The molecule has 2 aliphatic rings. The molecule has 2 aromatic rings. The second-order valence-corrected chi connectivity index (χ2v) is 9.02. The van der Waals surface area contributed by atoms with Crippen molar-refractivity contribution in [2.75, 3.05) is 43.8 Å². The van der Waals surface area contributed by atoms with Crippen molar-refractivity contribution in [2.24, 2.45) is 4.99 Å². The summed E-state index contributed by atoms with van der Waals surface area (Å²) in [5.41, 5.74) is 1.18. The van der Waals surface area contributed by atoms with Crippen LogP contribution in [0.5, 0.6) is 0 Å². The summed E-state index contributed by atoms with van der Waals surface area (Å²) >= 11 is 8.95. The first-order valence-electron chi connectivity index (χ1n) is 9.30. The van der Waals surface area contributed by atoms with Gasteiger partial charge in [-0.1, -0.05) is 23.4 Å². The Kier molecular flexibility index (Phi) is 6.37. The first kappa shape index (κ1) is 20.2. The lowest BCUT2D eigenvalue weighted by atomic mass is 10.2. The lowest BCUT2D eigenvalue weighted by Gasteiger charge is -2.35. The third kappa shape index (κ3) is 5.09. The maximum Gasteiger partial charge on any atom is 0.257 e. The van der Waals surface area contributed by atoms with Gasteiger partial charge in [0.25, 0.3) is 5.91 Å². The highest BCUT2D eigenvalue weighted by molar-refractivity contribution is 8.14. The van der Waals surface area contributed by atoms with Crippen LogP contribution >= 0.6 is 34.7 Å². The predicted octanol–water partition coefficient (Wildman–Crippen LogP) is 2.84. The zero-order valence-corrected chi connectivity index (χ0v) is 18.0. The fourth-order valence-electron chi connectivity index (χ4n) is 3.15. The summed E-state index contributed by atoms with van der Waals surface area (Å²) in [6, 6.07) is 6.65. The summed E-state index contributed by atoms with van der Waals surface area (Å²) in [4.78, 5) is 37.9. The Bertz CT molecular complexity index is 923. The average Bonchev–Trinajstić information content (AvgIpc) is 3.41. The van der Waals surface area contributed by atoms with Crippen molar-refractivity contribution >= 4 is 56.8 Å². The Morgan fingerprint density at radius 3 is 2.59 bits per heavy atom. The van der Waals surface area contributed by atoms with Crippen LogP contribution in [0, 0.1) is 0 Å². The second kappa shape index (κ2) is 9.15. The third-order valence-corrected chi connectivity index (χ3v) is 6.77. The SMILES string of the molecule is O=C(Nc1nc(CC(=O)N2CCN(C3=NCCS3)CC2)cs1)c1ccc(Cl)cc1. The van der Waals surface area contributed by atoms with Gasteiger partial charge < -0.3 is 9.80 Å². The lowest BCUT2D eigenvalue weighted by molar-refractivity contribution is -0.131. The van der Waals surface area contributed by atoms with Crippen molar-refractivity contribution in [3.05, 3.63) is 45.9 Å². The van der Waals surface area contributed by atoms with Crippen LogP contribution in [0.4, 0.5) is 5.13 Å². The number of nitrogens with zero attached hydrogens (tertiary/aromatic N) is 4. The molecule has 3 heterocycles. The molecule has 4 rings (SSSR count). The molecule has 0 unspecified atom stereocenters. The molecule has 152 valence electrons. The lowest BCUT2D eigenvalue weighted by Crippen LogP contribution is -2.50. The van der Waals surface area contributed by atoms with Gasteiger partial charge in [-0.05, 0) is 24.3 Å². The highest BCUT2D eigenvalue weighted by Crippen LogP contribution is 2.20. The summed E-state index contributed by atoms with van der Waals surface area (Å²) in [7, 11) is 0. The van der Waals surface area contributed by atoms with E-state index in [-0.39, 0.29) is 18.2 Å². The number of amidine groups is 1. The Balaban J connectivity index is 1.28. The van der Waals surface area contributed by atoms with Gasteiger partial charge in [-0.25, -0.2) is 4.98 Å². The van der Waals surface area contributed by atoms with E-state index in [0.29, 0.717) is 34.5 Å². The van der Waals surface area contributed by atoms with E-state index in [2.05, 4.69) is 20.2 Å². The fraction of sp³-hybridized carbons (Fsp3) is 0.368. The van der Waals surface area contributed by atoms with Gasteiger partial charge in [0.1, 0.15) is 0 Å². The van der Waals surface area contributed by atoms with E-state index in [1.165, 1.54) is 11.3 Å². The minimum absolute atomic E-state index is 0.0616. The Labute approximate surface area is 182 Å². The summed E-state index contributed by atoms with van der Waals surface area (Å²) in [5, 5.41) is 6.75. The second-order valence-electron chi connectivity index (χ2n) is 6.66. The normalized spacial score (nSPS) is 16.7. The number of hydrogen-bond donors (Lipinski definition) is 1. The summed E-state index contributed by atoms with van der Waals surface area (Å²) in [5.74, 6) is 0.860. The number of thioether (sulfide) groups is 1. The van der Waals surface area contributed by atoms with Crippen LogP contribution in [0.1, 0.15) is 16.1 Å². The van der Waals surface area contributed by atoms with Crippen molar-refractivity contribution in [3.63, 3.8) is 0 Å². The van der Waals surface area contributed by atoms with E-state index in [9.17, 15) is 9.59 Å². The van der Waals surface area contributed by atoms with Crippen LogP contribution in [0.2, 0.25) is 5.02 Å². The smallest absolute Gasteiger partial charge is 0.257 e. The van der Waals surface area contributed by atoms with Crippen LogP contribution in [0.3, 0.4) is 0 Å². The Morgan fingerprint density at radius 2 is 1.90 bits per heavy atom. The van der Waals surface area contributed by atoms with Crippen LogP contribution in [-0.2, 0) is 11.2 Å². The number of anilines is 1. The van der Waals surface area contributed by atoms with Gasteiger partial charge in [-0.2, -0.15) is 0 Å². The van der Waals surface area contributed by atoms with Crippen molar-refractivity contribution < 1.29 is 9.59 Å². The fourth-order valence-corrected chi connectivity index (χ4v) is 4.89. The van der Waals surface area contributed by atoms with Crippen molar-refractivity contribution in [3.8, 4) is 0 Å². The van der Waals surface area contributed by atoms with E-state index >= 15 is 0 Å². The Morgan fingerprint density at radius 1 is 1.14 bits per heavy atom. The van der Waals surface area contributed by atoms with Gasteiger partial charge in [0.2, 0.25) is 5.91 Å². The molecule has 10 heteroatoms. The van der Waals surface area contributed by atoms with Gasteiger partial charge in [0.05, 0.1) is 18.7 Å². The van der Waals surface area contributed by atoms with Crippen molar-refractivity contribution in [1.82, 2.24) is 14.8 Å². The summed E-state index contributed by atoms with van der Waals surface area (Å²) < 4.78 is 0. The maximum absolute atomic E-state index is 12.6. The molecule has 1 aromatic carbocycles. The highest BCUT2D eigenvalue weighted by atomic mass is 35.5. The molecule has 1 N–H and O–H groups in total. The number of carbonyl (C=O) groups is 2. The van der Waals surface area contributed by atoms with E-state index in [1.54, 1.807) is 36.0 Å². The van der Waals surface area contributed by atoms with E-state index in [1.807, 2.05) is 10.3 Å². The molecule has 2 aliphatic heterocycles. The molecule has 0 atom stereocenters. The van der Waals surface area contributed by atoms with E-state index < -0.39 is 0 Å². The molecule has 7 nitrogen and oxygen atoms in total. The monoisotopic (exact) mass is 449 g/mol. The molecule has 1 fully saturated rings. The largest absolute Gasteiger partial charge is 0.348 e. The molecule has 0 bridgehead atoms. The summed E-state index contributed by atoms with van der Waals surface area (Å²) in [6.45, 7) is 3.92. The minimum Gasteiger partial charge on any atom is -0.348 e. The molecule has 0 saturated carbocycles. The zero-order chi connectivity index (χ0) is 20.2. The van der Waals surface area contributed by atoms with Gasteiger partial charge in [-0.3, -0.25) is 19.9 Å². The molecule has 1 aromatic heterocycles. The maximum atomic E-state index is 12.6. The number of aliphatic imine (C=N–C) groups is 1. The zero-order valence-electron chi connectivity index (χ0n) is 15.6.